The fraction of sp³-hybridized carbons (Fsp3) is 0.150. The van der Waals surface area contributed by atoms with Crippen molar-refractivity contribution >= 4 is 29.1 Å². The number of amides is 1. The van der Waals surface area contributed by atoms with Crippen LogP contribution < -0.4 is 15.4 Å². The van der Waals surface area contributed by atoms with E-state index in [0.717, 1.165) is 11.3 Å². The van der Waals surface area contributed by atoms with E-state index in [2.05, 4.69) is 20.6 Å². The molecule has 3 aromatic rings. The van der Waals surface area contributed by atoms with Crippen molar-refractivity contribution in [3.8, 4) is 5.75 Å². The van der Waals surface area contributed by atoms with E-state index in [-0.39, 0.29) is 11.9 Å². The molecule has 0 saturated carbocycles. The highest BCUT2D eigenvalue weighted by Crippen LogP contribution is 2.28. The molecule has 0 saturated heterocycles. The number of rotatable bonds is 6. The predicted octanol–water partition coefficient (Wildman–Crippen LogP) is 4.37. The van der Waals surface area contributed by atoms with Gasteiger partial charge < -0.3 is 15.4 Å². The van der Waals surface area contributed by atoms with Crippen LogP contribution in [0, 0.1) is 0 Å². The average Bonchev–Trinajstić information content (AvgIpc) is 2.69. The van der Waals surface area contributed by atoms with Crippen molar-refractivity contribution < 1.29 is 9.53 Å². The monoisotopic (exact) mass is 382 g/mol. The molecule has 7 heteroatoms. The number of ether oxygens (including phenoxy) is 1. The van der Waals surface area contributed by atoms with Crippen LogP contribution in [0.25, 0.3) is 0 Å². The standard InChI is InChI=1S/C20H19ClN4O2/c1-13(14-6-4-3-5-7-14)24-19(26)15-11-22-20(23-12-15)25-16-8-9-18(27-2)17(21)10-16/h3-13H,1-2H3,(H,24,26)(H,22,23,25). The van der Waals surface area contributed by atoms with E-state index < -0.39 is 0 Å². The van der Waals surface area contributed by atoms with Gasteiger partial charge in [0.05, 0.1) is 23.7 Å². The number of methoxy groups -OCH3 is 1. The lowest BCUT2D eigenvalue weighted by Crippen LogP contribution is -2.26. The largest absolute Gasteiger partial charge is 0.495 e. The number of carbonyl (C=O) groups excluding carboxylic acids is 1. The number of carbonyl (C=O) groups is 1. The van der Waals surface area contributed by atoms with Gasteiger partial charge in [-0.05, 0) is 30.7 Å². The first-order valence-electron chi connectivity index (χ1n) is 8.35. The molecule has 0 spiro atoms. The second-order valence-electron chi connectivity index (χ2n) is 5.88. The zero-order chi connectivity index (χ0) is 19.2. The second kappa shape index (κ2) is 8.51. The zero-order valence-corrected chi connectivity index (χ0v) is 15.7. The molecule has 0 aliphatic heterocycles. The van der Waals surface area contributed by atoms with Gasteiger partial charge in [0, 0.05) is 18.1 Å². The van der Waals surface area contributed by atoms with Crippen LogP contribution in [-0.4, -0.2) is 23.0 Å². The van der Waals surface area contributed by atoms with Gasteiger partial charge in [-0.2, -0.15) is 0 Å². The third-order valence-electron chi connectivity index (χ3n) is 3.97. The number of halogens is 1. The Balaban J connectivity index is 1.64. The molecule has 6 nitrogen and oxygen atoms in total. The molecule has 0 aliphatic carbocycles. The van der Waals surface area contributed by atoms with Crippen LogP contribution >= 0.6 is 11.6 Å². The van der Waals surface area contributed by atoms with E-state index in [1.165, 1.54) is 12.4 Å². The lowest BCUT2D eigenvalue weighted by atomic mass is 10.1. The summed E-state index contributed by atoms with van der Waals surface area (Å²) in [5.74, 6) is 0.719. The molecule has 2 N–H and O–H groups in total. The van der Waals surface area contributed by atoms with Crippen molar-refractivity contribution in [2.45, 2.75) is 13.0 Å². The molecule has 0 fully saturated rings. The molecule has 0 bridgehead atoms. The van der Waals surface area contributed by atoms with Gasteiger partial charge in [-0.15, -0.1) is 0 Å². The Morgan fingerprint density at radius 1 is 1.11 bits per heavy atom. The van der Waals surface area contributed by atoms with E-state index in [1.54, 1.807) is 25.3 Å². The van der Waals surface area contributed by atoms with Crippen LogP contribution in [0.1, 0.15) is 28.9 Å². The number of hydrogen-bond acceptors (Lipinski definition) is 5. The van der Waals surface area contributed by atoms with E-state index in [0.29, 0.717) is 22.3 Å². The number of nitrogens with one attached hydrogen (secondary N) is 2. The Morgan fingerprint density at radius 2 is 1.81 bits per heavy atom. The van der Waals surface area contributed by atoms with Crippen molar-refractivity contribution in [3.05, 3.63) is 77.1 Å². The summed E-state index contributed by atoms with van der Waals surface area (Å²) >= 11 is 6.10. The van der Waals surface area contributed by atoms with Crippen LogP contribution in [0.5, 0.6) is 5.75 Å². The summed E-state index contributed by atoms with van der Waals surface area (Å²) in [5, 5.41) is 6.45. The maximum atomic E-state index is 12.4. The SMILES string of the molecule is COc1ccc(Nc2ncc(C(=O)NC(C)c3ccccc3)cn2)cc1Cl. The van der Waals surface area contributed by atoms with Crippen LogP contribution in [0.15, 0.2) is 60.9 Å². The fourth-order valence-electron chi connectivity index (χ4n) is 2.49. The highest BCUT2D eigenvalue weighted by molar-refractivity contribution is 6.32. The molecule has 27 heavy (non-hydrogen) atoms. The average molecular weight is 383 g/mol. The van der Waals surface area contributed by atoms with Crippen molar-refractivity contribution in [3.63, 3.8) is 0 Å². The topological polar surface area (TPSA) is 76.1 Å². The smallest absolute Gasteiger partial charge is 0.254 e. The Hall–Kier alpha value is -3.12. The summed E-state index contributed by atoms with van der Waals surface area (Å²) in [6, 6.07) is 14.9. The van der Waals surface area contributed by atoms with Crippen molar-refractivity contribution in [1.29, 1.82) is 0 Å². The molecular formula is C20H19ClN4O2. The minimum Gasteiger partial charge on any atom is -0.495 e. The Labute approximate surface area is 162 Å². The highest BCUT2D eigenvalue weighted by Gasteiger charge is 2.12. The van der Waals surface area contributed by atoms with E-state index >= 15 is 0 Å². The minimum atomic E-state index is -0.231. The summed E-state index contributed by atoms with van der Waals surface area (Å²) in [7, 11) is 1.56. The van der Waals surface area contributed by atoms with E-state index in [4.69, 9.17) is 16.3 Å². The van der Waals surface area contributed by atoms with Gasteiger partial charge >= 0.3 is 0 Å². The number of anilines is 2. The number of aromatic nitrogens is 2. The lowest BCUT2D eigenvalue weighted by Gasteiger charge is -2.14. The third kappa shape index (κ3) is 4.74. The Bertz CT molecular complexity index is 917. The summed E-state index contributed by atoms with van der Waals surface area (Å²) in [6.07, 6.45) is 2.96. The molecule has 1 aromatic heterocycles. The van der Waals surface area contributed by atoms with Crippen LogP contribution in [0.4, 0.5) is 11.6 Å². The summed E-state index contributed by atoms with van der Waals surface area (Å²) < 4.78 is 5.12. The molecule has 1 heterocycles. The molecule has 1 unspecified atom stereocenters. The van der Waals surface area contributed by atoms with Crippen LogP contribution in [0.2, 0.25) is 5.02 Å². The van der Waals surface area contributed by atoms with Gasteiger partial charge in [0.1, 0.15) is 5.75 Å². The fourth-order valence-corrected chi connectivity index (χ4v) is 2.75. The normalized spacial score (nSPS) is 11.5. The molecule has 3 rings (SSSR count). The lowest BCUT2D eigenvalue weighted by molar-refractivity contribution is 0.0939. The van der Waals surface area contributed by atoms with Crippen LogP contribution in [-0.2, 0) is 0 Å². The van der Waals surface area contributed by atoms with Gasteiger partial charge in [0.15, 0.2) is 0 Å². The van der Waals surface area contributed by atoms with E-state index in [9.17, 15) is 4.79 Å². The van der Waals surface area contributed by atoms with E-state index in [1.807, 2.05) is 37.3 Å². The summed E-state index contributed by atoms with van der Waals surface area (Å²) in [6.45, 7) is 1.93. The molecule has 138 valence electrons. The minimum absolute atomic E-state index is 0.113. The quantitative estimate of drug-likeness (QED) is 0.661. The molecule has 1 amide bonds. The van der Waals surface area contributed by atoms with Gasteiger partial charge in [-0.3, -0.25) is 4.79 Å². The Kier molecular flexibility index (Phi) is 5.88. The first-order chi connectivity index (χ1) is 13.1. The first-order valence-corrected chi connectivity index (χ1v) is 8.73. The molecular weight excluding hydrogens is 364 g/mol. The highest BCUT2D eigenvalue weighted by atomic mass is 35.5. The van der Waals surface area contributed by atoms with Crippen molar-refractivity contribution in [2.24, 2.45) is 0 Å². The number of nitrogens with zero attached hydrogens (tertiary/aromatic N) is 2. The van der Waals surface area contributed by atoms with Crippen LogP contribution in [0.3, 0.4) is 0 Å². The van der Waals surface area contributed by atoms with Gasteiger partial charge in [0.2, 0.25) is 5.95 Å². The zero-order valence-electron chi connectivity index (χ0n) is 14.9. The molecule has 2 aromatic carbocycles. The maximum Gasteiger partial charge on any atom is 0.254 e. The van der Waals surface area contributed by atoms with Crippen molar-refractivity contribution in [2.75, 3.05) is 12.4 Å². The van der Waals surface area contributed by atoms with Crippen molar-refractivity contribution in [1.82, 2.24) is 15.3 Å². The third-order valence-corrected chi connectivity index (χ3v) is 4.26. The molecule has 0 radical (unpaired) electrons. The second-order valence-corrected chi connectivity index (χ2v) is 6.28. The first kappa shape index (κ1) is 18.7. The van der Waals surface area contributed by atoms with Gasteiger partial charge in [-0.1, -0.05) is 41.9 Å². The Morgan fingerprint density at radius 3 is 2.44 bits per heavy atom. The summed E-state index contributed by atoms with van der Waals surface area (Å²) in [5.41, 5.74) is 2.13. The molecule has 0 aliphatic rings. The predicted molar refractivity (Wildman–Crippen MR) is 106 cm³/mol. The number of benzene rings is 2. The maximum absolute atomic E-state index is 12.4. The molecule has 1 atom stereocenters. The number of hydrogen-bond donors (Lipinski definition) is 2. The van der Waals surface area contributed by atoms with Gasteiger partial charge in [-0.25, -0.2) is 9.97 Å². The van der Waals surface area contributed by atoms with Gasteiger partial charge in [0.25, 0.3) is 5.91 Å². The summed E-state index contributed by atoms with van der Waals surface area (Å²) in [4.78, 5) is 20.8.